The number of hydrogen-bond donors (Lipinski definition) is 1. The molecule has 0 aromatic heterocycles. The lowest BCUT2D eigenvalue weighted by atomic mass is 10.1. The first-order chi connectivity index (χ1) is 14.6. The monoisotopic (exact) mass is 411 g/mol. The fourth-order valence-corrected chi connectivity index (χ4v) is 4.12. The van der Waals surface area contributed by atoms with Crippen molar-refractivity contribution in [3.63, 3.8) is 0 Å². The molecule has 1 aliphatic heterocycles. The molecule has 160 valence electrons. The molecule has 0 spiro atoms. The largest absolute Gasteiger partial charge is 0.378 e. The fourth-order valence-electron chi connectivity index (χ4n) is 4.12. The Kier molecular flexibility index (Phi) is 6.65. The van der Waals surface area contributed by atoms with E-state index in [1.807, 2.05) is 43.3 Å². The molecule has 0 radical (unpaired) electrons. The van der Waals surface area contributed by atoms with Crippen molar-refractivity contribution in [2.45, 2.75) is 38.3 Å². The molecule has 1 heterocycles. The lowest BCUT2D eigenvalue weighted by molar-refractivity contribution is -0.116. The van der Waals surface area contributed by atoms with Gasteiger partial charge in [-0.05, 0) is 50.1 Å². The van der Waals surface area contributed by atoms with Crippen LogP contribution in [-0.2, 0) is 9.53 Å². The second-order valence-corrected chi connectivity index (χ2v) is 8.11. The van der Waals surface area contributed by atoms with Crippen LogP contribution in [0.4, 0.5) is 15.8 Å². The molecule has 1 saturated heterocycles. The molecule has 2 aromatic carbocycles. The van der Waals surface area contributed by atoms with Crippen LogP contribution < -0.4 is 10.2 Å². The van der Waals surface area contributed by atoms with Crippen LogP contribution in [0.1, 0.15) is 37.8 Å². The highest BCUT2D eigenvalue weighted by Crippen LogP contribution is 2.35. The van der Waals surface area contributed by atoms with Gasteiger partial charge in [0.15, 0.2) is 0 Å². The van der Waals surface area contributed by atoms with Gasteiger partial charge >= 0.3 is 0 Å². The van der Waals surface area contributed by atoms with E-state index in [2.05, 4.69) is 15.1 Å². The third kappa shape index (κ3) is 5.18. The Bertz CT molecular complexity index is 848. The van der Waals surface area contributed by atoms with Crippen molar-refractivity contribution in [2.24, 2.45) is 0 Å². The van der Waals surface area contributed by atoms with E-state index < -0.39 is 0 Å². The van der Waals surface area contributed by atoms with Gasteiger partial charge in [-0.3, -0.25) is 9.69 Å². The van der Waals surface area contributed by atoms with E-state index in [1.165, 1.54) is 6.07 Å². The van der Waals surface area contributed by atoms with Crippen LogP contribution in [-0.4, -0.2) is 49.7 Å². The number of anilines is 2. The van der Waals surface area contributed by atoms with Crippen LogP contribution in [0.15, 0.2) is 48.5 Å². The SMILES string of the molecule is CC(c1ccccc1F)N(CCC(=O)Nc1ccc(N2CCOCC2)cc1)C1CC1. The first-order valence-electron chi connectivity index (χ1n) is 10.8. The van der Waals surface area contributed by atoms with Crippen molar-refractivity contribution in [1.82, 2.24) is 4.90 Å². The van der Waals surface area contributed by atoms with Gasteiger partial charge in [0.25, 0.3) is 0 Å². The number of halogens is 1. The molecule has 5 nitrogen and oxygen atoms in total. The third-order valence-electron chi connectivity index (χ3n) is 5.99. The van der Waals surface area contributed by atoms with Crippen LogP contribution in [0.25, 0.3) is 0 Å². The summed E-state index contributed by atoms with van der Waals surface area (Å²) in [5.41, 5.74) is 2.65. The Labute approximate surface area is 177 Å². The molecule has 1 N–H and O–H groups in total. The quantitative estimate of drug-likeness (QED) is 0.707. The minimum atomic E-state index is -0.180. The van der Waals surface area contributed by atoms with Crippen LogP contribution in [0.5, 0.6) is 0 Å². The lowest BCUT2D eigenvalue weighted by Gasteiger charge is -2.29. The molecular formula is C24H30FN3O2. The van der Waals surface area contributed by atoms with Crippen LogP contribution in [0.2, 0.25) is 0 Å². The molecule has 0 bridgehead atoms. The van der Waals surface area contributed by atoms with Crippen LogP contribution >= 0.6 is 0 Å². The molecule has 2 aromatic rings. The molecule has 2 aliphatic rings. The Morgan fingerprint density at radius 1 is 1.17 bits per heavy atom. The van der Waals surface area contributed by atoms with E-state index >= 15 is 0 Å². The number of rotatable bonds is 8. The molecule has 1 atom stereocenters. The molecular weight excluding hydrogens is 381 g/mol. The van der Waals surface area contributed by atoms with E-state index in [4.69, 9.17) is 4.74 Å². The van der Waals surface area contributed by atoms with E-state index in [-0.39, 0.29) is 17.8 Å². The molecule has 1 aliphatic carbocycles. The Morgan fingerprint density at radius 3 is 2.53 bits per heavy atom. The minimum absolute atomic E-state index is 0.0134. The Hall–Kier alpha value is -2.44. The summed E-state index contributed by atoms with van der Waals surface area (Å²) in [6.07, 6.45) is 2.62. The van der Waals surface area contributed by atoms with Gasteiger partial charge in [0.1, 0.15) is 5.82 Å². The number of amides is 1. The highest BCUT2D eigenvalue weighted by molar-refractivity contribution is 5.91. The maximum absolute atomic E-state index is 14.2. The van der Waals surface area contributed by atoms with Crippen molar-refractivity contribution in [3.05, 3.63) is 59.9 Å². The van der Waals surface area contributed by atoms with Gasteiger partial charge < -0.3 is 15.0 Å². The zero-order valence-electron chi connectivity index (χ0n) is 17.5. The molecule has 30 heavy (non-hydrogen) atoms. The van der Waals surface area contributed by atoms with E-state index in [9.17, 15) is 9.18 Å². The van der Waals surface area contributed by atoms with Crippen molar-refractivity contribution in [3.8, 4) is 0 Å². The van der Waals surface area contributed by atoms with Crippen molar-refractivity contribution in [1.29, 1.82) is 0 Å². The number of ether oxygens (including phenoxy) is 1. The highest BCUT2D eigenvalue weighted by Gasteiger charge is 2.33. The van der Waals surface area contributed by atoms with Gasteiger partial charge in [0.2, 0.25) is 5.91 Å². The molecule has 1 amide bonds. The van der Waals surface area contributed by atoms with E-state index in [0.717, 1.165) is 50.5 Å². The highest BCUT2D eigenvalue weighted by atomic mass is 19.1. The van der Waals surface area contributed by atoms with Crippen molar-refractivity contribution >= 4 is 17.3 Å². The number of carbonyl (C=O) groups is 1. The molecule has 1 saturated carbocycles. The van der Waals surface area contributed by atoms with Gasteiger partial charge in [-0.1, -0.05) is 18.2 Å². The summed E-state index contributed by atoms with van der Waals surface area (Å²) in [4.78, 5) is 17.1. The molecule has 6 heteroatoms. The summed E-state index contributed by atoms with van der Waals surface area (Å²) in [5, 5.41) is 2.99. The van der Waals surface area contributed by atoms with Crippen molar-refractivity contribution < 1.29 is 13.9 Å². The second kappa shape index (κ2) is 9.58. The lowest BCUT2D eigenvalue weighted by Crippen LogP contribution is -2.36. The summed E-state index contributed by atoms with van der Waals surface area (Å²) in [7, 11) is 0. The van der Waals surface area contributed by atoms with Gasteiger partial charge in [0.05, 0.1) is 13.2 Å². The summed E-state index contributed by atoms with van der Waals surface area (Å²) in [6, 6.07) is 15.3. The average Bonchev–Trinajstić information content (AvgIpc) is 3.60. The Morgan fingerprint density at radius 2 is 1.87 bits per heavy atom. The maximum Gasteiger partial charge on any atom is 0.225 e. The summed E-state index contributed by atoms with van der Waals surface area (Å²) in [5.74, 6) is -0.194. The van der Waals surface area contributed by atoms with Gasteiger partial charge in [0, 0.05) is 55.1 Å². The number of morpholine rings is 1. The first kappa shape index (κ1) is 20.8. The summed E-state index contributed by atoms with van der Waals surface area (Å²) in [6.45, 7) is 5.94. The fraction of sp³-hybridized carbons (Fsp3) is 0.458. The number of carbonyl (C=O) groups excluding carboxylic acids is 1. The van der Waals surface area contributed by atoms with Gasteiger partial charge in [-0.15, -0.1) is 0 Å². The number of nitrogens with one attached hydrogen (secondary N) is 1. The van der Waals surface area contributed by atoms with E-state index in [1.54, 1.807) is 6.07 Å². The second-order valence-electron chi connectivity index (χ2n) is 8.11. The normalized spacial score (nSPS) is 17.8. The zero-order chi connectivity index (χ0) is 20.9. The van der Waals surface area contributed by atoms with Crippen molar-refractivity contribution in [2.75, 3.05) is 43.1 Å². The third-order valence-corrected chi connectivity index (χ3v) is 5.99. The average molecular weight is 412 g/mol. The molecule has 2 fully saturated rings. The van der Waals surface area contributed by atoms with E-state index in [0.29, 0.717) is 24.6 Å². The number of hydrogen-bond acceptors (Lipinski definition) is 4. The zero-order valence-corrected chi connectivity index (χ0v) is 17.5. The molecule has 4 rings (SSSR count). The summed E-state index contributed by atoms with van der Waals surface area (Å²) < 4.78 is 19.6. The standard InChI is InChI=1S/C24H30FN3O2/c1-18(22-4-2-3-5-23(22)25)28(21-10-11-21)13-12-24(29)26-19-6-8-20(9-7-19)27-14-16-30-17-15-27/h2-9,18,21H,10-17H2,1H3,(H,26,29). The number of benzene rings is 2. The van der Waals surface area contributed by atoms with Gasteiger partial charge in [-0.25, -0.2) is 4.39 Å². The van der Waals surface area contributed by atoms with Crippen LogP contribution in [0.3, 0.4) is 0 Å². The minimum Gasteiger partial charge on any atom is -0.378 e. The predicted octanol–water partition coefficient (Wildman–Crippen LogP) is 4.22. The smallest absolute Gasteiger partial charge is 0.225 e. The van der Waals surface area contributed by atoms with Gasteiger partial charge in [-0.2, -0.15) is 0 Å². The topological polar surface area (TPSA) is 44.8 Å². The maximum atomic E-state index is 14.2. The number of nitrogens with zero attached hydrogens (tertiary/aromatic N) is 2. The molecule has 1 unspecified atom stereocenters. The summed E-state index contributed by atoms with van der Waals surface area (Å²) >= 11 is 0. The first-order valence-corrected chi connectivity index (χ1v) is 10.8. The van der Waals surface area contributed by atoms with Crippen LogP contribution in [0, 0.1) is 5.82 Å². The Balaban J connectivity index is 1.31. The predicted molar refractivity (Wildman–Crippen MR) is 117 cm³/mol.